The summed E-state index contributed by atoms with van der Waals surface area (Å²) in [4.78, 5) is 7.65. The van der Waals surface area contributed by atoms with E-state index in [4.69, 9.17) is 11.6 Å². The molecule has 0 aliphatic rings. The van der Waals surface area contributed by atoms with Crippen LogP contribution in [0.3, 0.4) is 0 Å². The lowest BCUT2D eigenvalue weighted by Gasteiger charge is -2.05. The molecule has 0 saturated heterocycles. The molecule has 2 heterocycles. The van der Waals surface area contributed by atoms with Crippen LogP contribution in [0.2, 0.25) is 5.15 Å². The third-order valence-corrected chi connectivity index (χ3v) is 4.37. The predicted octanol–water partition coefficient (Wildman–Crippen LogP) is 2.03. The van der Waals surface area contributed by atoms with Gasteiger partial charge in [-0.3, -0.25) is 4.72 Å². The van der Waals surface area contributed by atoms with Gasteiger partial charge in [-0.1, -0.05) is 11.6 Å². The van der Waals surface area contributed by atoms with Gasteiger partial charge in [0, 0.05) is 17.7 Å². The first kappa shape index (κ1) is 13.3. The Kier molecular flexibility index (Phi) is 3.60. The topological polar surface area (TPSA) is 76.9 Å². The summed E-state index contributed by atoms with van der Waals surface area (Å²) in [5.41, 5.74) is 0. The number of aryl methyl sites for hydroxylation is 1. The molecule has 1 N–H and O–H groups in total. The van der Waals surface area contributed by atoms with Crippen LogP contribution in [-0.2, 0) is 17.1 Å². The van der Waals surface area contributed by atoms with E-state index in [-0.39, 0.29) is 16.0 Å². The zero-order valence-electron chi connectivity index (χ0n) is 9.13. The van der Waals surface area contributed by atoms with Crippen LogP contribution in [0.15, 0.2) is 34.2 Å². The van der Waals surface area contributed by atoms with Crippen molar-refractivity contribution >= 4 is 43.4 Å². The summed E-state index contributed by atoms with van der Waals surface area (Å²) in [5, 5.41) is -0.184. The van der Waals surface area contributed by atoms with Crippen molar-refractivity contribution in [1.29, 1.82) is 0 Å². The molecule has 0 unspecified atom stereocenters. The van der Waals surface area contributed by atoms with Gasteiger partial charge in [0.1, 0.15) is 11.0 Å². The SMILES string of the molecule is Cn1cnc(S(=O)(=O)Nc2ccc(Br)cn2)c1Cl. The van der Waals surface area contributed by atoms with Crippen LogP contribution in [0.1, 0.15) is 0 Å². The molecule has 0 fully saturated rings. The van der Waals surface area contributed by atoms with Crippen molar-refractivity contribution in [2.75, 3.05) is 4.72 Å². The van der Waals surface area contributed by atoms with E-state index in [0.29, 0.717) is 0 Å². The van der Waals surface area contributed by atoms with E-state index in [1.54, 1.807) is 13.1 Å². The van der Waals surface area contributed by atoms with Crippen LogP contribution < -0.4 is 4.72 Å². The number of nitrogens with one attached hydrogen (secondary N) is 1. The van der Waals surface area contributed by atoms with Crippen molar-refractivity contribution in [3.8, 4) is 0 Å². The normalized spacial score (nSPS) is 11.5. The van der Waals surface area contributed by atoms with Crippen molar-refractivity contribution in [2.45, 2.75) is 5.03 Å². The number of imidazole rings is 1. The first-order valence-electron chi connectivity index (χ1n) is 4.71. The third-order valence-electron chi connectivity index (χ3n) is 2.06. The van der Waals surface area contributed by atoms with Gasteiger partial charge < -0.3 is 4.57 Å². The summed E-state index contributed by atoms with van der Waals surface area (Å²) in [6.45, 7) is 0. The second kappa shape index (κ2) is 4.87. The van der Waals surface area contributed by atoms with E-state index < -0.39 is 10.0 Å². The Hall–Kier alpha value is -1.12. The van der Waals surface area contributed by atoms with Gasteiger partial charge in [0.05, 0.1) is 6.33 Å². The maximum Gasteiger partial charge on any atom is 0.283 e. The number of anilines is 1. The molecule has 0 radical (unpaired) electrons. The Balaban J connectivity index is 2.33. The number of sulfonamides is 1. The van der Waals surface area contributed by atoms with Crippen LogP contribution in [-0.4, -0.2) is 23.0 Å². The monoisotopic (exact) mass is 350 g/mol. The maximum absolute atomic E-state index is 12.0. The van der Waals surface area contributed by atoms with Gasteiger partial charge in [-0.05, 0) is 28.1 Å². The Morgan fingerprint density at radius 2 is 2.11 bits per heavy atom. The summed E-state index contributed by atoms with van der Waals surface area (Å²) in [6, 6.07) is 3.20. The summed E-state index contributed by atoms with van der Waals surface area (Å²) in [7, 11) is -2.22. The van der Waals surface area contributed by atoms with Gasteiger partial charge in [-0.25, -0.2) is 9.97 Å². The van der Waals surface area contributed by atoms with Crippen LogP contribution in [0.25, 0.3) is 0 Å². The minimum atomic E-state index is -3.83. The minimum Gasteiger partial charge on any atom is -0.324 e. The lowest BCUT2D eigenvalue weighted by molar-refractivity contribution is 0.598. The second-order valence-corrected chi connectivity index (χ2v) is 6.29. The number of rotatable bonds is 3. The van der Waals surface area contributed by atoms with E-state index in [2.05, 4.69) is 30.6 Å². The van der Waals surface area contributed by atoms with E-state index in [1.807, 2.05) is 0 Å². The fraction of sp³-hybridized carbons (Fsp3) is 0.111. The molecule has 0 saturated carbocycles. The smallest absolute Gasteiger partial charge is 0.283 e. The van der Waals surface area contributed by atoms with E-state index in [1.165, 1.54) is 23.2 Å². The van der Waals surface area contributed by atoms with Crippen LogP contribution in [0.5, 0.6) is 0 Å². The number of hydrogen-bond donors (Lipinski definition) is 1. The van der Waals surface area contributed by atoms with Crippen molar-refractivity contribution in [3.05, 3.63) is 34.3 Å². The molecule has 9 heteroatoms. The van der Waals surface area contributed by atoms with Gasteiger partial charge in [-0.15, -0.1) is 0 Å². The van der Waals surface area contributed by atoms with E-state index in [0.717, 1.165) is 4.47 Å². The molecule has 0 bridgehead atoms. The highest BCUT2D eigenvalue weighted by Gasteiger charge is 2.22. The molecular formula is C9H8BrClN4O2S. The Bertz CT molecular complexity index is 668. The molecule has 18 heavy (non-hydrogen) atoms. The quantitative estimate of drug-likeness (QED) is 0.918. The molecule has 96 valence electrons. The summed E-state index contributed by atoms with van der Waals surface area (Å²) < 4.78 is 28.5. The highest BCUT2D eigenvalue weighted by molar-refractivity contribution is 9.10. The number of pyridine rings is 1. The van der Waals surface area contributed by atoms with Crippen LogP contribution in [0, 0.1) is 0 Å². The second-order valence-electron chi connectivity index (χ2n) is 3.42. The fourth-order valence-corrected chi connectivity index (χ4v) is 2.87. The first-order valence-corrected chi connectivity index (χ1v) is 7.37. The molecule has 0 spiro atoms. The van der Waals surface area contributed by atoms with Gasteiger partial charge in [-0.2, -0.15) is 8.42 Å². The van der Waals surface area contributed by atoms with Crippen molar-refractivity contribution in [1.82, 2.24) is 14.5 Å². The summed E-state index contributed by atoms with van der Waals surface area (Å²) >= 11 is 9.05. The highest BCUT2D eigenvalue weighted by atomic mass is 79.9. The average Bonchev–Trinajstić information content (AvgIpc) is 2.63. The van der Waals surface area contributed by atoms with Crippen molar-refractivity contribution < 1.29 is 8.42 Å². The van der Waals surface area contributed by atoms with E-state index in [9.17, 15) is 8.42 Å². The molecule has 0 aromatic carbocycles. The van der Waals surface area contributed by atoms with Crippen LogP contribution >= 0.6 is 27.5 Å². The molecule has 2 aromatic heterocycles. The minimum absolute atomic E-state index is 0.0413. The number of halogens is 2. The largest absolute Gasteiger partial charge is 0.324 e. The van der Waals surface area contributed by atoms with Gasteiger partial charge >= 0.3 is 0 Å². The standard InChI is InChI=1S/C9H8BrClN4O2S/c1-15-5-13-9(8(15)11)18(16,17)14-7-3-2-6(10)4-12-7/h2-5H,1H3,(H,12,14). The fourth-order valence-electron chi connectivity index (χ4n) is 1.20. The van der Waals surface area contributed by atoms with Crippen molar-refractivity contribution in [3.63, 3.8) is 0 Å². The lowest BCUT2D eigenvalue weighted by atomic mass is 10.5. The maximum atomic E-state index is 12.0. The third kappa shape index (κ3) is 2.65. The summed E-state index contributed by atoms with van der Waals surface area (Å²) in [6.07, 6.45) is 2.81. The summed E-state index contributed by atoms with van der Waals surface area (Å²) in [5.74, 6) is 0.194. The van der Waals surface area contributed by atoms with Gasteiger partial charge in [0.25, 0.3) is 10.0 Å². The van der Waals surface area contributed by atoms with Crippen molar-refractivity contribution in [2.24, 2.45) is 7.05 Å². The molecule has 0 aliphatic heterocycles. The number of hydrogen-bond acceptors (Lipinski definition) is 4. The number of aromatic nitrogens is 3. The first-order chi connectivity index (χ1) is 8.40. The van der Waals surface area contributed by atoms with Crippen LogP contribution in [0.4, 0.5) is 5.82 Å². The highest BCUT2D eigenvalue weighted by Crippen LogP contribution is 2.21. The lowest BCUT2D eigenvalue weighted by Crippen LogP contribution is -2.14. The van der Waals surface area contributed by atoms with E-state index >= 15 is 0 Å². The Morgan fingerprint density at radius 1 is 1.39 bits per heavy atom. The Labute approximate surface area is 117 Å². The average molecular weight is 352 g/mol. The Morgan fingerprint density at radius 3 is 2.61 bits per heavy atom. The molecule has 0 atom stereocenters. The zero-order valence-corrected chi connectivity index (χ0v) is 12.3. The molecule has 0 amide bonds. The molecular weight excluding hydrogens is 344 g/mol. The number of nitrogens with zero attached hydrogens (tertiary/aromatic N) is 3. The molecule has 0 aliphatic carbocycles. The molecule has 2 rings (SSSR count). The molecule has 6 nitrogen and oxygen atoms in total. The zero-order chi connectivity index (χ0) is 13.3. The predicted molar refractivity (Wildman–Crippen MR) is 71.0 cm³/mol. The van der Waals surface area contributed by atoms with Gasteiger partial charge in [0.2, 0.25) is 5.03 Å². The molecule has 2 aromatic rings. The van der Waals surface area contributed by atoms with Gasteiger partial charge in [0.15, 0.2) is 0 Å².